The molecule has 1 aromatic carbocycles. The van der Waals surface area contributed by atoms with Gasteiger partial charge in [-0.3, -0.25) is 9.78 Å². The normalized spacial score (nSPS) is 10.1. The molecule has 0 saturated heterocycles. The first-order valence-electron chi connectivity index (χ1n) is 4.98. The number of hydrogen-bond acceptors (Lipinski definition) is 3. The van der Waals surface area contributed by atoms with Gasteiger partial charge in [0.05, 0.1) is 17.4 Å². The van der Waals surface area contributed by atoms with Gasteiger partial charge in [0, 0.05) is 15.1 Å². The second-order valence-electron chi connectivity index (χ2n) is 3.44. The van der Waals surface area contributed by atoms with Crippen LogP contribution in [0.15, 0.2) is 45.6 Å². The lowest BCUT2D eigenvalue weighted by Gasteiger charge is -2.10. The van der Waals surface area contributed by atoms with Crippen molar-refractivity contribution in [3.05, 3.63) is 51.2 Å². The number of hydrogen-bond donors (Lipinski definition) is 2. The molecule has 1 heterocycles. The quantitative estimate of drug-likeness (QED) is 0.848. The zero-order chi connectivity index (χ0) is 13.1. The molecule has 2 aromatic rings. The van der Waals surface area contributed by atoms with Crippen molar-refractivity contribution in [3.63, 3.8) is 0 Å². The monoisotopic (exact) mass is 370 g/mol. The van der Waals surface area contributed by atoms with Crippen molar-refractivity contribution in [2.75, 3.05) is 5.32 Å². The summed E-state index contributed by atoms with van der Waals surface area (Å²) in [5.41, 5.74) is 0.784. The van der Waals surface area contributed by atoms with Crippen LogP contribution in [-0.2, 0) is 0 Å². The Hall–Kier alpha value is -1.40. The van der Waals surface area contributed by atoms with Gasteiger partial charge in [0.25, 0.3) is 5.91 Å². The number of nitrogens with zero attached hydrogens (tertiary/aromatic N) is 1. The van der Waals surface area contributed by atoms with E-state index in [1.54, 1.807) is 0 Å². The van der Waals surface area contributed by atoms with Gasteiger partial charge >= 0.3 is 0 Å². The predicted octanol–water partition coefficient (Wildman–Crippen LogP) is 3.56. The van der Waals surface area contributed by atoms with Gasteiger partial charge in [-0.05, 0) is 50.1 Å². The molecule has 2 N–H and O–H groups in total. The maximum Gasteiger partial charge on any atom is 0.259 e. The topological polar surface area (TPSA) is 62.2 Å². The summed E-state index contributed by atoms with van der Waals surface area (Å²) in [7, 11) is 0. The van der Waals surface area contributed by atoms with Crippen molar-refractivity contribution in [1.29, 1.82) is 0 Å². The second-order valence-corrected chi connectivity index (χ2v) is 5.15. The summed E-state index contributed by atoms with van der Waals surface area (Å²) in [6, 6.07) is 6.92. The molecule has 6 heteroatoms. The lowest BCUT2D eigenvalue weighted by Crippen LogP contribution is -2.13. The third-order valence-corrected chi connectivity index (χ3v) is 3.57. The lowest BCUT2D eigenvalue weighted by atomic mass is 10.2. The molecule has 0 fully saturated rings. The number of nitrogens with one attached hydrogen (secondary N) is 1. The number of amides is 1. The average Bonchev–Trinajstić information content (AvgIpc) is 2.34. The summed E-state index contributed by atoms with van der Waals surface area (Å²) >= 11 is 6.69. The number of aromatic nitrogens is 1. The van der Waals surface area contributed by atoms with E-state index in [0.29, 0.717) is 5.69 Å². The Morgan fingerprint density at radius 1 is 1.22 bits per heavy atom. The predicted molar refractivity (Wildman–Crippen MR) is 75.7 cm³/mol. The number of rotatable bonds is 2. The maximum absolute atomic E-state index is 12.0. The van der Waals surface area contributed by atoms with Gasteiger partial charge in [-0.25, -0.2) is 0 Å². The highest BCUT2D eigenvalue weighted by Crippen LogP contribution is 2.31. The van der Waals surface area contributed by atoms with Crippen LogP contribution in [0.5, 0.6) is 5.75 Å². The molecule has 0 aliphatic carbocycles. The molecule has 0 atom stereocenters. The first-order valence-corrected chi connectivity index (χ1v) is 6.56. The smallest absolute Gasteiger partial charge is 0.259 e. The number of pyridine rings is 1. The van der Waals surface area contributed by atoms with Crippen molar-refractivity contribution in [3.8, 4) is 5.75 Å². The molecule has 0 bridgehead atoms. The van der Waals surface area contributed by atoms with Gasteiger partial charge in [0.1, 0.15) is 5.75 Å². The van der Waals surface area contributed by atoms with Crippen LogP contribution >= 0.6 is 31.9 Å². The van der Waals surface area contributed by atoms with E-state index in [4.69, 9.17) is 0 Å². The molecular formula is C12H8Br2N2O2. The molecule has 92 valence electrons. The molecule has 1 aromatic heterocycles. The largest absolute Gasteiger partial charge is 0.505 e. The standard InChI is InChI=1S/C12H8Br2N2O2/c13-8-2-1-3-9(14)11(8)16-12(18)7-4-5-15-6-10(7)17/h1-6,17H,(H,16,18). The van der Waals surface area contributed by atoms with Crippen LogP contribution in [0.1, 0.15) is 10.4 Å². The van der Waals surface area contributed by atoms with E-state index >= 15 is 0 Å². The van der Waals surface area contributed by atoms with Crippen molar-refractivity contribution in [1.82, 2.24) is 4.98 Å². The van der Waals surface area contributed by atoms with Gasteiger partial charge < -0.3 is 10.4 Å². The van der Waals surface area contributed by atoms with Crippen LogP contribution in [0.3, 0.4) is 0 Å². The van der Waals surface area contributed by atoms with E-state index in [0.717, 1.165) is 8.95 Å². The summed E-state index contributed by atoms with van der Waals surface area (Å²) in [4.78, 5) is 15.7. The maximum atomic E-state index is 12.0. The number of anilines is 1. The number of benzene rings is 1. The summed E-state index contributed by atoms with van der Waals surface area (Å²) in [6.07, 6.45) is 2.67. The van der Waals surface area contributed by atoms with E-state index in [-0.39, 0.29) is 11.3 Å². The number of carbonyl (C=O) groups is 1. The molecule has 18 heavy (non-hydrogen) atoms. The molecule has 4 nitrogen and oxygen atoms in total. The molecule has 0 aliphatic heterocycles. The molecule has 0 spiro atoms. The second kappa shape index (κ2) is 5.49. The summed E-state index contributed by atoms with van der Waals surface area (Å²) in [5.74, 6) is -0.555. The van der Waals surface area contributed by atoms with Crippen LogP contribution in [0.25, 0.3) is 0 Å². The third-order valence-electron chi connectivity index (χ3n) is 2.25. The zero-order valence-corrected chi connectivity index (χ0v) is 12.2. The van der Waals surface area contributed by atoms with Crippen molar-refractivity contribution in [2.45, 2.75) is 0 Å². The molecular weight excluding hydrogens is 364 g/mol. The van der Waals surface area contributed by atoms with Gasteiger partial charge in [0.2, 0.25) is 0 Å². The van der Waals surface area contributed by atoms with Crippen molar-refractivity contribution >= 4 is 43.5 Å². The molecule has 0 radical (unpaired) electrons. The first kappa shape index (κ1) is 13.0. The number of carbonyl (C=O) groups excluding carboxylic acids is 1. The van der Waals surface area contributed by atoms with E-state index in [1.165, 1.54) is 18.5 Å². The molecule has 1 amide bonds. The van der Waals surface area contributed by atoms with Crippen molar-refractivity contribution in [2.24, 2.45) is 0 Å². The Balaban J connectivity index is 2.30. The number of halogens is 2. The van der Waals surface area contributed by atoms with Gasteiger partial charge in [-0.15, -0.1) is 0 Å². The Kier molecular flexibility index (Phi) is 3.98. The first-order chi connectivity index (χ1) is 8.59. The fourth-order valence-corrected chi connectivity index (χ4v) is 2.57. The average molecular weight is 372 g/mol. The molecule has 0 saturated carbocycles. The SMILES string of the molecule is O=C(Nc1c(Br)cccc1Br)c1ccncc1O. The van der Waals surface area contributed by atoms with Gasteiger partial charge in [-0.2, -0.15) is 0 Å². The molecule has 2 rings (SSSR count). The van der Waals surface area contributed by atoms with Crippen LogP contribution in [0.4, 0.5) is 5.69 Å². The third kappa shape index (κ3) is 2.70. The Bertz CT molecular complexity index is 582. The highest BCUT2D eigenvalue weighted by molar-refractivity contribution is 9.11. The highest BCUT2D eigenvalue weighted by Gasteiger charge is 2.13. The highest BCUT2D eigenvalue weighted by atomic mass is 79.9. The number of para-hydroxylation sites is 1. The lowest BCUT2D eigenvalue weighted by molar-refractivity contribution is 0.102. The van der Waals surface area contributed by atoms with E-state index in [2.05, 4.69) is 42.2 Å². The number of aromatic hydroxyl groups is 1. The van der Waals surface area contributed by atoms with Crippen LogP contribution in [0.2, 0.25) is 0 Å². The van der Waals surface area contributed by atoms with Crippen LogP contribution in [-0.4, -0.2) is 16.0 Å². The van der Waals surface area contributed by atoms with Crippen LogP contribution in [0, 0.1) is 0 Å². The summed E-state index contributed by atoms with van der Waals surface area (Å²) in [5, 5.41) is 12.3. The molecule has 0 unspecified atom stereocenters. The minimum Gasteiger partial charge on any atom is -0.505 e. The Labute approximate surface area is 120 Å². The fraction of sp³-hybridized carbons (Fsp3) is 0. The zero-order valence-electron chi connectivity index (χ0n) is 9.02. The minimum atomic E-state index is -0.400. The van der Waals surface area contributed by atoms with E-state index in [9.17, 15) is 9.90 Å². The van der Waals surface area contributed by atoms with Crippen LogP contribution < -0.4 is 5.32 Å². The summed E-state index contributed by atoms with van der Waals surface area (Å²) < 4.78 is 1.50. The molecule has 0 aliphatic rings. The Morgan fingerprint density at radius 2 is 1.89 bits per heavy atom. The summed E-state index contributed by atoms with van der Waals surface area (Å²) in [6.45, 7) is 0. The minimum absolute atomic E-state index is 0.154. The van der Waals surface area contributed by atoms with Crippen molar-refractivity contribution < 1.29 is 9.90 Å². The van der Waals surface area contributed by atoms with E-state index < -0.39 is 5.91 Å². The van der Waals surface area contributed by atoms with Gasteiger partial charge in [0.15, 0.2) is 0 Å². The van der Waals surface area contributed by atoms with Gasteiger partial charge in [-0.1, -0.05) is 6.07 Å². The Morgan fingerprint density at radius 3 is 2.50 bits per heavy atom. The fourth-order valence-electron chi connectivity index (χ4n) is 1.38. The van der Waals surface area contributed by atoms with E-state index in [1.807, 2.05) is 18.2 Å².